The zero-order chi connectivity index (χ0) is 12.4. The first-order chi connectivity index (χ1) is 8.84. The Labute approximate surface area is 110 Å². The topological polar surface area (TPSA) is 15.3 Å². The molecule has 18 heavy (non-hydrogen) atoms. The third-order valence-corrected chi connectivity index (χ3v) is 4.62. The molecule has 0 bridgehead atoms. The number of hydrogen-bond acceptors (Lipinski definition) is 2. The second-order valence-electron chi connectivity index (χ2n) is 5.79. The lowest BCUT2D eigenvalue weighted by molar-refractivity contribution is 0.177. The minimum Gasteiger partial charge on any atom is -0.306 e. The van der Waals surface area contributed by atoms with Crippen LogP contribution in [0.4, 0.5) is 0 Å². The van der Waals surface area contributed by atoms with E-state index in [0.29, 0.717) is 12.1 Å². The van der Waals surface area contributed by atoms with Gasteiger partial charge in [0.1, 0.15) is 0 Å². The third kappa shape index (κ3) is 2.45. The highest BCUT2D eigenvalue weighted by Crippen LogP contribution is 2.28. The van der Waals surface area contributed by atoms with Crippen molar-refractivity contribution in [1.29, 1.82) is 0 Å². The Morgan fingerprint density at radius 1 is 1.11 bits per heavy atom. The lowest BCUT2D eigenvalue weighted by Crippen LogP contribution is -2.45. The number of rotatable bonds is 3. The van der Waals surface area contributed by atoms with Gasteiger partial charge in [-0.1, -0.05) is 36.8 Å². The van der Waals surface area contributed by atoms with Gasteiger partial charge in [-0.3, -0.25) is 4.90 Å². The van der Waals surface area contributed by atoms with Crippen LogP contribution in [0.15, 0.2) is 30.3 Å². The van der Waals surface area contributed by atoms with Crippen LogP contribution >= 0.6 is 0 Å². The summed E-state index contributed by atoms with van der Waals surface area (Å²) in [6.45, 7) is 4.91. The van der Waals surface area contributed by atoms with Gasteiger partial charge in [0, 0.05) is 24.7 Å². The number of nitrogens with zero attached hydrogens (tertiary/aromatic N) is 1. The molecular weight excluding hydrogens is 220 g/mol. The summed E-state index contributed by atoms with van der Waals surface area (Å²) < 4.78 is 0. The van der Waals surface area contributed by atoms with Crippen LogP contribution < -0.4 is 5.32 Å². The Morgan fingerprint density at radius 2 is 1.94 bits per heavy atom. The Morgan fingerprint density at radius 3 is 2.78 bits per heavy atom. The van der Waals surface area contributed by atoms with Crippen molar-refractivity contribution in [3.05, 3.63) is 35.9 Å². The first-order valence-corrected chi connectivity index (χ1v) is 7.39. The molecule has 2 aliphatic heterocycles. The fraction of sp³-hybridized carbons (Fsp3) is 0.625. The lowest BCUT2D eigenvalue weighted by atomic mass is 9.97. The van der Waals surface area contributed by atoms with Crippen LogP contribution in [0.25, 0.3) is 0 Å². The number of nitrogens with one attached hydrogen (secondary N) is 1. The van der Waals surface area contributed by atoms with E-state index in [4.69, 9.17) is 0 Å². The average Bonchev–Trinajstić information content (AvgIpc) is 2.83. The molecule has 0 aliphatic carbocycles. The average molecular weight is 244 g/mol. The van der Waals surface area contributed by atoms with E-state index in [1.807, 2.05) is 0 Å². The van der Waals surface area contributed by atoms with Crippen LogP contribution in [-0.2, 0) is 0 Å². The second-order valence-corrected chi connectivity index (χ2v) is 5.79. The first-order valence-electron chi connectivity index (χ1n) is 7.39. The standard InChI is InChI=1S/C16H24N2/c1-13(14-7-3-2-4-8-14)17-15-10-12-18-11-6-5-9-16(15)18/h2-4,7-8,13,15-17H,5-6,9-12H2,1H3/t13-,15?,16?/m1/s1. The van der Waals surface area contributed by atoms with Gasteiger partial charge in [-0.05, 0) is 38.3 Å². The monoisotopic (exact) mass is 244 g/mol. The molecule has 2 aliphatic rings. The van der Waals surface area contributed by atoms with Gasteiger partial charge in [0.25, 0.3) is 0 Å². The highest BCUT2D eigenvalue weighted by molar-refractivity contribution is 5.18. The molecule has 0 spiro atoms. The molecule has 0 amide bonds. The van der Waals surface area contributed by atoms with E-state index in [2.05, 4.69) is 47.5 Å². The smallest absolute Gasteiger partial charge is 0.0295 e. The number of hydrogen-bond donors (Lipinski definition) is 1. The van der Waals surface area contributed by atoms with Crippen molar-refractivity contribution >= 4 is 0 Å². The molecule has 98 valence electrons. The van der Waals surface area contributed by atoms with Crippen molar-refractivity contribution < 1.29 is 0 Å². The van der Waals surface area contributed by atoms with E-state index >= 15 is 0 Å². The number of fused-ring (bicyclic) bond motifs is 1. The predicted octanol–water partition coefficient (Wildman–Crippen LogP) is 2.96. The van der Waals surface area contributed by atoms with Crippen molar-refractivity contribution in [3.8, 4) is 0 Å². The summed E-state index contributed by atoms with van der Waals surface area (Å²) in [4.78, 5) is 2.69. The van der Waals surface area contributed by atoms with Crippen molar-refractivity contribution in [2.75, 3.05) is 13.1 Å². The quantitative estimate of drug-likeness (QED) is 0.879. The SMILES string of the molecule is C[C@@H](NC1CCN2CCCCC12)c1ccccc1. The van der Waals surface area contributed by atoms with Gasteiger partial charge in [0.05, 0.1) is 0 Å². The van der Waals surface area contributed by atoms with Gasteiger partial charge in [0.2, 0.25) is 0 Å². The van der Waals surface area contributed by atoms with Crippen LogP contribution in [0.1, 0.15) is 44.2 Å². The Kier molecular flexibility index (Phi) is 3.67. The van der Waals surface area contributed by atoms with E-state index in [1.165, 1.54) is 44.3 Å². The fourth-order valence-electron chi connectivity index (χ4n) is 3.60. The largest absolute Gasteiger partial charge is 0.306 e. The van der Waals surface area contributed by atoms with Crippen LogP contribution in [0.5, 0.6) is 0 Å². The lowest BCUT2D eigenvalue weighted by Gasteiger charge is -2.34. The molecule has 3 atom stereocenters. The summed E-state index contributed by atoms with van der Waals surface area (Å²) in [6, 6.07) is 12.8. The van der Waals surface area contributed by atoms with E-state index < -0.39 is 0 Å². The highest BCUT2D eigenvalue weighted by atomic mass is 15.2. The molecule has 0 aromatic heterocycles. The molecule has 0 radical (unpaired) electrons. The summed E-state index contributed by atoms with van der Waals surface area (Å²) in [5, 5.41) is 3.85. The van der Waals surface area contributed by atoms with Gasteiger partial charge >= 0.3 is 0 Å². The Hall–Kier alpha value is -0.860. The molecule has 1 N–H and O–H groups in total. The summed E-state index contributed by atoms with van der Waals surface area (Å²) >= 11 is 0. The van der Waals surface area contributed by atoms with Crippen molar-refractivity contribution in [1.82, 2.24) is 10.2 Å². The zero-order valence-electron chi connectivity index (χ0n) is 11.3. The molecule has 2 nitrogen and oxygen atoms in total. The molecular formula is C16H24N2. The highest BCUT2D eigenvalue weighted by Gasteiger charge is 2.35. The summed E-state index contributed by atoms with van der Waals surface area (Å²) in [5.74, 6) is 0. The number of benzene rings is 1. The van der Waals surface area contributed by atoms with Crippen LogP contribution in [-0.4, -0.2) is 30.1 Å². The molecule has 1 aromatic rings. The fourth-order valence-corrected chi connectivity index (χ4v) is 3.60. The molecule has 0 saturated carbocycles. The molecule has 2 heteroatoms. The van der Waals surface area contributed by atoms with Crippen LogP contribution in [0.2, 0.25) is 0 Å². The second kappa shape index (κ2) is 5.41. The Balaban J connectivity index is 1.63. The summed E-state index contributed by atoms with van der Waals surface area (Å²) in [6.07, 6.45) is 5.53. The van der Waals surface area contributed by atoms with E-state index in [9.17, 15) is 0 Å². The van der Waals surface area contributed by atoms with Gasteiger partial charge in [-0.2, -0.15) is 0 Å². The first kappa shape index (κ1) is 12.2. The molecule has 2 saturated heterocycles. The molecule has 3 rings (SSSR count). The van der Waals surface area contributed by atoms with Crippen LogP contribution in [0.3, 0.4) is 0 Å². The van der Waals surface area contributed by atoms with E-state index in [0.717, 1.165) is 6.04 Å². The van der Waals surface area contributed by atoms with Crippen molar-refractivity contribution in [3.63, 3.8) is 0 Å². The maximum Gasteiger partial charge on any atom is 0.0295 e. The van der Waals surface area contributed by atoms with Crippen molar-refractivity contribution in [2.45, 2.75) is 50.7 Å². The summed E-state index contributed by atoms with van der Waals surface area (Å²) in [7, 11) is 0. The zero-order valence-corrected chi connectivity index (χ0v) is 11.3. The maximum atomic E-state index is 3.85. The van der Waals surface area contributed by atoms with Crippen LogP contribution in [0, 0.1) is 0 Å². The molecule has 2 unspecified atom stereocenters. The molecule has 2 fully saturated rings. The van der Waals surface area contributed by atoms with E-state index in [1.54, 1.807) is 0 Å². The van der Waals surface area contributed by atoms with E-state index in [-0.39, 0.29) is 0 Å². The third-order valence-electron chi connectivity index (χ3n) is 4.62. The maximum absolute atomic E-state index is 3.85. The van der Waals surface area contributed by atoms with Gasteiger partial charge in [-0.15, -0.1) is 0 Å². The van der Waals surface area contributed by atoms with Gasteiger partial charge < -0.3 is 5.32 Å². The Bertz CT molecular complexity index is 376. The van der Waals surface area contributed by atoms with Gasteiger partial charge in [-0.25, -0.2) is 0 Å². The predicted molar refractivity (Wildman–Crippen MR) is 75.6 cm³/mol. The minimum absolute atomic E-state index is 0.470. The number of piperidine rings is 1. The normalized spacial score (nSPS) is 30.1. The summed E-state index contributed by atoms with van der Waals surface area (Å²) in [5.41, 5.74) is 1.41. The molecule has 2 heterocycles. The van der Waals surface area contributed by atoms with Crippen molar-refractivity contribution in [2.24, 2.45) is 0 Å². The molecule has 1 aromatic carbocycles. The minimum atomic E-state index is 0.470. The van der Waals surface area contributed by atoms with Gasteiger partial charge in [0.15, 0.2) is 0 Å².